The molecule has 0 spiro atoms. The predicted molar refractivity (Wildman–Crippen MR) is 87.4 cm³/mol. The minimum absolute atomic E-state index is 0.0300. The molecule has 2 unspecified atom stereocenters. The lowest BCUT2D eigenvalue weighted by molar-refractivity contribution is -0.138. The van der Waals surface area contributed by atoms with Crippen LogP contribution in [0.15, 0.2) is 30.3 Å². The highest BCUT2D eigenvalue weighted by Crippen LogP contribution is 2.19. The normalized spacial score (nSPS) is 23.9. The molecule has 1 aromatic rings. The Hall–Kier alpha value is -1.92. The number of carbonyl (C=O) groups excluding carboxylic acids is 2. The second-order valence-corrected chi connectivity index (χ2v) is 6.21. The van der Waals surface area contributed by atoms with Crippen LogP contribution in [0.25, 0.3) is 0 Å². The van der Waals surface area contributed by atoms with E-state index in [1.54, 1.807) is 4.90 Å². The maximum atomic E-state index is 12.5. The Morgan fingerprint density at radius 3 is 2.78 bits per heavy atom. The first-order valence-electron chi connectivity index (χ1n) is 8.33. The van der Waals surface area contributed by atoms with Gasteiger partial charge in [0.2, 0.25) is 11.8 Å². The van der Waals surface area contributed by atoms with E-state index in [9.17, 15) is 9.59 Å². The van der Waals surface area contributed by atoms with Gasteiger partial charge in [-0.2, -0.15) is 0 Å². The first-order chi connectivity index (χ1) is 11.2. The fourth-order valence-corrected chi connectivity index (χ4v) is 3.24. The number of carbonyl (C=O) groups is 2. The molecule has 1 aromatic carbocycles. The molecule has 0 saturated carbocycles. The van der Waals surface area contributed by atoms with Gasteiger partial charge >= 0.3 is 0 Å². The summed E-state index contributed by atoms with van der Waals surface area (Å²) in [6.45, 7) is 2.20. The second kappa shape index (κ2) is 7.57. The zero-order valence-corrected chi connectivity index (χ0v) is 13.3. The first kappa shape index (κ1) is 16.0. The van der Waals surface area contributed by atoms with Crippen molar-refractivity contribution in [2.45, 2.75) is 37.8 Å². The van der Waals surface area contributed by atoms with Crippen molar-refractivity contribution in [3.63, 3.8) is 0 Å². The van der Waals surface area contributed by atoms with Gasteiger partial charge in [0.15, 0.2) is 0 Å². The number of nitrogens with zero attached hydrogens (tertiary/aromatic N) is 1. The van der Waals surface area contributed by atoms with E-state index in [2.05, 4.69) is 16.2 Å². The van der Waals surface area contributed by atoms with Crippen molar-refractivity contribution in [2.24, 2.45) is 0 Å². The molecule has 3 N–H and O–H groups in total. The molecule has 124 valence electrons. The van der Waals surface area contributed by atoms with Gasteiger partial charge in [-0.3, -0.25) is 20.4 Å². The largest absolute Gasteiger partial charge is 0.353 e. The summed E-state index contributed by atoms with van der Waals surface area (Å²) in [5, 5.41) is 2.98. The highest BCUT2D eigenvalue weighted by Gasteiger charge is 2.34. The van der Waals surface area contributed by atoms with Gasteiger partial charge < -0.3 is 10.2 Å². The molecule has 2 aliphatic heterocycles. The van der Waals surface area contributed by atoms with Crippen LogP contribution >= 0.6 is 0 Å². The molecule has 2 atom stereocenters. The van der Waals surface area contributed by atoms with Gasteiger partial charge in [-0.05, 0) is 24.8 Å². The molecule has 6 nitrogen and oxygen atoms in total. The third-order valence-electron chi connectivity index (χ3n) is 4.52. The van der Waals surface area contributed by atoms with Crippen molar-refractivity contribution >= 4 is 11.8 Å². The lowest BCUT2D eigenvalue weighted by atomic mass is 10.1. The topological polar surface area (TPSA) is 73.5 Å². The lowest BCUT2D eigenvalue weighted by Gasteiger charge is -2.24. The molecule has 0 radical (unpaired) electrons. The number of nitrogens with one attached hydrogen (secondary N) is 3. The zero-order valence-electron chi connectivity index (χ0n) is 13.3. The Labute approximate surface area is 136 Å². The van der Waals surface area contributed by atoms with Gasteiger partial charge in [0, 0.05) is 25.7 Å². The van der Waals surface area contributed by atoms with Crippen LogP contribution < -0.4 is 16.2 Å². The molecule has 3 rings (SSSR count). The van der Waals surface area contributed by atoms with Gasteiger partial charge in [-0.25, -0.2) is 0 Å². The van der Waals surface area contributed by atoms with Gasteiger partial charge in [0.05, 0.1) is 6.42 Å². The Balaban J connectivity index is 1.53. The summed E-state index contributed by atoms with van der Waals surface area (Å²) >= 11 is 0. The van der Waals surface area contributed by atoms with Crippen LogP contribution in [-0.2, 0) is 16.0 Å². The Kier molecular flexibility index (Phi) is 5.25. The molecule has 2 fully saturated rings. The maximum Gasteiger partial charge on any atom is 0.242 e. The maximum absolute atomic E-state index is 12.5. The van der Waals surface area contributed by atoms with Crippen molar-refractivity contribution in [2.75, 3.05) is 19.6 Å². The summed E-state index contributed by atoms with van der Waals surface area (Å²) in [4.78, 5) is 26.7. The molecule has 2 heterocycles. The zero-order chi connectivity index (χ0) is 16.1. The van der Waals surface area contributed by atoms with Crippen LogP contribution in [-0.4, -0.2) is 48.4 Å². The number of hydrazine groups is 1. The third-order valence-corrected chi connectivity index (χ3v) is 4.52. The molecule has 0 aliphatic carbocycles. The fourth-order valence-electron chi connectivity index (χ4n) is 3.24. The first-order valence-corrected chi connectivity index (χ1v) is 8.33. The van der Waals surface area contributed by atoms with Gasteiger partial charge in [-0.1, -0.05) is 30.3 Å². The SMILES string of the molecule is O=C(NCC1CCNN1)C1CCCN1C(=O)Cc1ccccc1. The molecule has 6 heteroatoms. The van der Waals surface area contributed by atoms with Crippen molar-refractivity contribution in [1.82, 2.24) is 21.1 Å². The Bertz CT molecular complexity index is 543. The van der Waals surface area contributed by atoms with Gasteiger partial charge in [0.1, 0.15) is 6.04 Å². The van der Waals surface area contributed by atoms with Gasteiger partial charge in [0.25, 0.3) is 0 Å². The van der Waals surface area contributed by atoms with E-state index in [4.69, 9.17) is 0 Å². The van der Waals surface area contributed by atoms with E-state index >= 15 is 0 Å². The van der Waals surface area contributed by atoms with E-state index in [1.807, 2.05) is 30.3 Å². The van der Waals surface area contributed by atoms with Crippen molar-refractivity contribution < 1.29 is 9.59 Å². The van der Waals surface area contributed by atoms with E-state index in [1.165, 1.54) is 0 Å². The molecular formula is C17H24N4O2. The highest BCUT2D eigenvalue weighted by molar-refractivity contribution is 5.89. The summed E-state index contributed by atoms with van der Waals surface area (Å²) < 4.78 is 0. The number of amides is 2. The smallest absolute Gasteiger partial charge is 0.242 e. The van der Waals surface area contributed by atoms with Crippen molar-refractivity contribution in [1.29, 1.82) is 0 Å². The van der Waals surface area contributed by atoms with Crippen molar-refractivity contribution in [3.8, 4) is 0 Å². The highest BCUT2D eigenvalue weighted by atomic mass is 16.2. The fraction of sp³-hybridized carbons (Fsp3) is 0.529. The molecule has 23 heavy (non-hydrogen) atoms. The number of rotatable bonds is 5. The molecule has 2 saturated heterocycles. The van der Waals surface area contributed by atoms with Gasteiger partial charge in [-0.15, -0.1) is 0 Å². The van der Waals surface area contributed by atoms with Crippen molar-refractivity contribution in [3.05, 3.63) is 35.9 Å². The van der Waals surface area contributed by atoms with E-state index < -0.39 is 0 Å². The minimum atomic E-state index is -0.319. The average molecular weight is 316 g/mol. The Morgan fingerprint density at radius 1 is 1.22 bits per heavy atom. The van der Waals surface area contributed by atoms with Crippen LogP contribution in [0.3, 0.4) is 0 Å². The number of benzene rings is 1. The summed E-state index contributed by atoms with van der Waals surface area (Å²) in [6.07, 6.45) is 3.00. The summed E-state index contributed by atoms with van der Waals surface area (Å²) in [6, 6.07) is 9.64. The number of hydrogen-bond donors (Lipinski definition) is 3. The van der Waals surface area contributed by atoms with Crippen LogP contribution in [0.1, 0.15) is 24.8 Å². The van der Waals surface area contributed by atoms with E-state index in [0.717, 1.165) is 31.4 Å². The molecule has 0 bridgehead atoms. The minimum Gasteiger partial charge on any atom is -0.353 e. The molecule has 2 amide bonds. The van der Waals surface area contributed by atoms with E-state index in [0.29, 0.717) is 19.5 Å². The quantitative estimate of drug-likeness (QED) is 0.726. The predicted octanol–water partition coefficient (Wildman–Crippen LogP) is 0.203. The van der Waals surface area contributed by atoms with Crippen LogP contribution in [0, 0.1) is 0 Å². The third kappa shape index (κ3) is 4.09. The molecule has 0 aromatic heterocycles. The average Bonchev–Trinajstić information content (AvgIpc) is 3.25. The summed E-state index contributed by atoms with van der Waals surface area (Å²) in [7, 11) is 0. The summed E-state index contributed by atoms with van der Waals surface area (Å²) in [5.74, 6) is 0.00659. The lowest BCUT2D eigenvalue weighted by Crippen LogP contribution is -2.49. The standard InChI is InChI=1S/C17H24N4O2/c22-16(11-13-5-2-1-3-6-13)21-10-4-7-15(21)17(23)18-12-14-8-9-19-20-14/h1-3,5-6,14-15,19-20H,4,7-12H2,(H,18,23). The van der Waals surface area contributed by atoms with Crippen LogP contribution in [0.5, 0.6) is 0 Å². The summed E-state index contributed by atoms with van der Waals surface area (Å²) in [5.41, 5.74) is 7.17. The Morgan fingerprint density at radius 2 is 2.04 bits per heavy atom. The van der Waals surface area contributed by atoms with E-state index in [-0.39, 0.29) is 23.9 Å². The van der Waals surface area contributed by atoms with Crippen LogP contribution in [0.4, 0.5) is 0 Å². The number of likely N-dealkylation sites (tertiary alicyclic amines) is 1. The number of hydrogen-bond acceptors (Lipinski definition) is 4. The monoisotopic (exact) mass is 316 g/mol. The molecular weight excluding hydrogens is 292 g/mol. The second-order valence-electron chi connectivity index (χ2n) is 6.21. The van der Waals surface area contributed by atoms with Crippen LogP contribution in [0.2, 0.25) is 0 Å². The molecule has 2 aliphatic rings.